The van der Waals surface area contributed by atoms with E-state index in [0.717, 1.165) is 30.2 Å². The molecule has 0 spiro atoms. The molecule has 10 nitrogen and oxygen atoms in total. The highest BCUT2D eigenvalue weighted by Crippen LogP contribution is 2.46. The third kappa shape index (κ3) is 5.22. The van der Waals surface area contributed by atoms with Crippen molar-refractivity contribution < 1.29 is 28.1 Å². The number of aliphatic hydroxyl groups excluding tert-OH is 1. The molecule has 6 atom stereocenters. The summed E-state index contributed by atoms with van der Waals surface area (Å²) < 4.78 is 47.4. The van der Waals surface area contributed by atoms with Gasteiger partial charge in [0.25, 0.3) is 0 Å². The summed E-state index contributed by atoms with van der Waals surface area (Å²) in [5.41, 5.74) is 1.85. The van der Waals surface area contributed by atoms with Crippen molar-refractivity contribution in [3.8, 4) is 0 Å². The summed E-state index contributed by atoms with van der Waals surface area (Å²) in [7, 11) is 0. The monoisotopic (exact) mass is 562 g/mol. The van der Waals surface area contributed by atoms with E-state index in [0.29, 0.717) is 28.6 Å². The summed E-state index contributed by atoms with van der Waals surface area (Å²) in [6, 6.07) is 3.80. The van der Waals surface area contributed by atoms with Gasteiger partial charge in [0.15, 0.2) is 39.6 Å². The van der Waals surface area contributed by atoms with Gasteiger partial charge in [-0.1, -0.05) is 30.0 Å². The minimum atomic E-state index is -0.853. The maximum atomic E-state index is 13.8. The zero-order valence-corrected chi connectivity index (χ0v) is 22.8. The molecule has 1 aliphatic heterocycles. The van der Waals surface area contributed by atoms with Gasteiger partial charge in [-0.3, -0.25) is 0 Å². The highest BCUT2D eigenvalue weighted by atomic mass is 32.2. The molecule has 2 saturated carbocycles. The lowest BCUT2D eigenvalue weighted by molar-refractivity contribution is -0.171. The molecule has 3 aliphatic rings. The molecule has 210 valence electrons. The summed E-state index contributed by atoms with van der Waals surface area (Å²) in [5, 5.41) is 22.3. The largest absolute Gasteiger partial charge is 0.394 e. The van der Waals surface area contributed by atoms with E-state index < -0.39 is 17.4 Å². The van der Waals surface area contributed by atoms with Crippen LogP contribution in [0.5, 0.6) is 0 Å². The molecule has 0 radical (unpaired) electrons. The first kappa shape index (κ1) is 26.8. The molecule has 2 N–H and O–H groups in total. The average Bonchev–Trinajstić information content (AvgIpc) is 3.24. The molecule has 3 aromatic rings. The van der Waals surface area contributed by atoms with E-state index in [1.807, 2.05) is 13.8 Å². The fourth-order valence-corrected chi connectivity index (χ4v) is 6.24. The van der Waals surface area contributed by atoms with Crippen molar-refractivity contribution in [3.05, 3.63) is 35.4 Å². The number of hydrogen-bond acceptors (Lipinski definition) is 10. The standard InChI is InChI=1S/C26H32F2N6O4S/c1-4-9-39-25-30-23(29-17-11-14(17)13-5-6-15(27)16(28)10-13)20-24(31-25)34(33-32-20)18-12-19(36-8-7-35)22-21(18)37-26(2,3)38-22/h5-6,10,14,17-19,21-22,35H,4,7-9,11-12H2,1-3H3,(H,29,30,31)/t14-,17?,18+,19-,21-,22+/m0/s1. The summed E-state index contributed by atoms with van der Waals surface area (Å²) in [4.78, 5) is 9.57. The smallest absolute Gasteiger partial charge is 0.191 e. The second-order valence-electron chi connectivity index (χ2n) is 10.7. The van der Waals surface area contributed by atoms with E-state index in [1.165, 1.54) is 6.07 Å². The van der Waals surface area contributed by atoms with Crippen LogP contribution in [0.3, 0.4) is 0 Å². The molecular formula is C26H32F2N6O4S. The maximum absolute atomic E-state index is 13.8. The van der Waals surface area contributed by atoms with Gasteiger partial charge in [0.05, 0.1) is 25.4 Å². The van der Waals surface area contributed by atoms with Crippen LogP contribution in [0.4, 0.5) is 14.6 Å². The molecule has 13 heteroatoms. The van der Waals surface area contributed by atoms with E-state index in [9.17, 15) is 13.9 Å². The van der Waals surface area contributed by atoms with Crippen molar-refractivity contribution in [2.24, 2.45) is 0 Å². The molecule has 1 saturated heterocycles. The predicted molar refractivity (Wildman–Crippen MR) is 140 cm³/mol. The van der Waals surface area contributed by atoms with E-state index in [1.54, 1.807) is 22.5 Å². The van der Waals surface area contributed by atoms with E-state index >= 15 is 0 Å². The quantitative estimate of drug-likeness (QED) is 0.279. The number of nitrogens with zero attached hydrogens (tertiary/aromatic N) is 5. The summed E-state index contributed by atoms with van der Waals surface area (Å²) in [6.45, 7) is 5.96. The molecule has 39 heavy (non-hydrogen) atoms. The fraction of sp³-hybridized carbons (Fsp3) is 0.615. The molecular weight excluding hydrogens is 530 g/mol. The lowest BCUT2D eigenvalue weighted by Gasteiger charge is -2.23. The molecule has 2 aliphatic carbocycles. The number of aliphatic hydroxyl groups is 1. The van der Waals surface area contributed by atoms with Crippen LogP contribution in [0.1, 0.15) is 57.6 Å². The van der Waals surface area contributed by atoms with Gasteiger partial charge in [0.2, 0.25) is 0 Å². The molecule has 0 bridgehead atoms. The van der Waals surface area contributed by atoms with Crippen LogP contribution < -0.4 is 5.32 Å². The van der Waals surface area contributed by atoms with Crippen LogP contribution in [0.2, 0.25) is 0 Å². The van der Waals surface area contributed by atoms with Crippen molar-refractivity contribution in [1.29, 1.82) is 0 Å². The van der Waals surface area contributed by atoms with Gasteiger partial charge >= 0.3 is 0 Å². The highest BCUT2D eigenvalue weighted by molar-refractivity contribution is 7.99. The van der Waals surface area contributed by atoms with Crippen LogP contribution in [-0.4, -0.2) is 79.2 Å². The second kappa shape index (κ2) is 10.5. The normalized spacial score (nSPS) is 29.2. The number of ether oxygens (including phenoxy) is 3. The summed E-state index contributed by atoms with van der Waals surface area (Å²) in [5.74, 6) is -1.03. The summed E-state index contributed by atoms with van der Waals surface area (Å²) in [6.07, 6.45) is 1.38. The van der Waals surface area contributed by atoms with Gasteiger partial charge in [-0.15, -0.1) is 5.10 Å². The number of anilines is 1. The van der Waals surface area contributed by atoms with E-state index in [4.69, 9.17) is 24.2 Å². The van der Waals surface area contributed by atoms with Gasteiger partial charge in [0.1, 0.15) is 12.2 Å². The Balaban J connectivity index is 1.31. The van der Waals surface area contributed by atoms with E-state index in [-0.39, 0.29) is 49.5 Å². The third-order valence-corrected chi connectivity index (χ3v) is 8.40. The minimum absolute atomic E-state index is 0.00150. The number of rotatable bonds is 10. The number of aromatic nitrogens is 5. The van der Waals surface area contributed by atoms with Crippen LogP contribution in [0.25, 0.3) is 11.2 Å². The Kier molecular flexibility index (Phi) is 7.21. The van der Waals surface area contributed by atoms with Crippen LogP contribution in [0, 0.1) is 11.6 Å². The van der Waals surface area contributed by atoms with Crippen molar-refractivity contribution in [2.75, 3.05) is 24.3 Å². The Bertz CT molecular complexity index is 1360. The zero-order chi connectivity index (χ0) is 27.3. The predicted octanol–water partition coefficient (Wildman–Crippen LogP) is 3.81. The van der Waals surface area contributed by atoms with Crippen molar-refractivity contribution in [2.45, 2.75) is 87.3 Å². The fourth-order valence-electron chi connectivity index (χ4n) is 5.55. The topological polar surface area (TPSA) is 116 Å². The lowest BCUT2D eigenvalue weighted by atomic mass is 10.1. The molecule has 0 amide bonds. The second-order valence-corrected chi connectivity index (χ2v) is 11.7. The lowest BCUT2D eigenvalue weighted by Crippen LogP contribution is -2.31. The number of nitrogens with one attached hydrogen (secondary N) is 1. The number of thioether (sulfide) groups is 1. The molecule has 6 rings (SSSR count). The first-order chi connectivity index (χ1) is 18.8. The van der Waals surface area contributed by atoms with Gasteiger partial charge in [0, 0.05) is 24.1 Å². The Morgan fingerprint density at radius 3 is 2.77 bits per heavy atom. The number of hydrogen-bond donors (Lipinski definition) is 2. The SMILES string of the molecule is CCCSc1nc(NC2C[C@H]2c2ccc(F)c(F)c2)c2nnn([C@@H]3C[C@H](OCCO)[C@H]4OC(C)(C)O[C@H]43)c2n1. The van der Waals surface area contributed by atoms with Crippen LogP contribution in [-0.2, 0) is 14.2 Å². The van der Waals surface area contributed by atoms with Crippen molar-refractivity contribution >= 4 is 28.7 Å². The van der Waals surface area contributed by atoms with Gasteiger partial charge < -0.3 is 24.6 Å². The number of halogens is 2. The first-order valence-electron chi connectivity index (χ1n) is 13.3. The Hall–Kier alpha value is -2.45. The zero-order valence-electron chi connectivity index (χ0n) is 22.0. The van der Waals surface area contributed by atoms with Gasteiger partial charge in [-0.25, -0.2) is 23.4 Å². The van der Waals surface area contributed by atoms with Crippen molar-refractivity contribution in [1.82, 2.24) is 25.0 Å². The Morgan fingerprint density at radius 1 is 1.18 bits per heavy atom. The molecule has 1 aromatic carbocycles. The number of benzene rings is 1. The molecule has 1 unspecified atom stereocenters. The van der Waals surface area contributed by atoms with Crippen LogP contribution in [0.15, 0.2) is 23.4 Å². The first-order valence-corrected chi connectivity index (χ1v) is 14.3. The van der Waals surface area contributed by atoms with E-state index in [2.05, 4.69) is 22.6 Å². The minimum Gasteiger partial charge on any atom is -0.394 e. The molecule has 3 fully saturated rings. The molecule has 2 aromatic heterocycles. The van der Waals surface area contributed by atoms with Crippen LogP contribution >= 0.6 is 11.8 Å². The van der Waals surface area contributed by atoms with Gasteiger partial charge in [-0.2, -0.15) is 0 Å². The summed E-state index contributed by atoms with van der Waals surface area (Å²) >= 11 is 1.55. The molecule has 3 heterocycles. The van der Waals surface area contributed by atoms with Gasteiger partial charge in [-0.05, 0) is 44.4 Å². The Labute approximate surface area is 228 Å². The number of fused-ring (bicyclic) bond motifs is 2. The Morgan fingerprint density at radius 2 is 2.00 bits per heavy atom. The van der Waals surface area contributed by atoms with Crippen molar-refractivity contribution in [3.63, 3.8) is 0 Å². The highest BCUT2D eigenvalue weighted by Gasteiger charge is 2.56. The average molecular weight is 563 g/mol. The maximum Gasteiger partial charge on any atom is 0.191 e. The third-order valence-electron chi connectivity index (χ3n) is 7.34.